The summed E-state index contributed by atoms with van der Waals surface area (Å²) in [5.41, 5.74) is 0.216. The maximum Gasteiger partial charge on any atom is 0.266 e. The zero-order valence-corrected chi connectivity index (χ0v) is 14.4. The smallest absolute Gasteiger partial charge is 0.266 e. The number of nitriles is 1. The molecule has 1 saturated heterocycles. The Labute approximate surface area is 151 Å². The maximum absolute atomic E-state index is 9.36. The van der Waals surface area contributed by atoms with Crippen LogP contribution >= 0.6 is 0 Å². The van der Waals surface area contributed by atoms with Crippen molar-refractivity contribution in [2.45, 2.75) is 25.3 Å². The number of hydrogen-bond acceptors (Lipinski definition) is 7. The van der Waals surface area contributed by atoms with E-state index in [9.17, 15) is 5.26 Å². The molecule has 7 heteroatoms. The van der Waals surface area contributed by atoms with Crippen molar-refractivity contribution in [1.82, 2.24) is 9.88 Å². The summed E-state index contributed by atoms with van der Waals surface area (Å²) in [4.78, 5) is 6.61. The summed E-state index contributed by atoms with van der Waals surface area (Å²) < 4.78 is 16.7. The Kier molecular flexibility index (Phi) is 4.75. The second-order valence-corrected chi connectivity index (χ2v) is 6.29. The van der Waals surface area contributed by atoms with Gasteiger partial charge in [-0.25, -0.2) is 0 Å². The number of rotatable bonds is 6. The first-order valence-corrected chi connectivity index (χ1v) is 8.81. The Bertz CT molecular complexity index is 855. The molecule has 0 unspecified atom stereocenters. The van der Waals surface area contributed by atoms with Crippen LogP contribution < -0.4 is 5.32 Å². The summed E-state index contributed by atoms with van der Waals surface area (Å²) in [5, 5.41) is 12.6. The molecule has 0 aromatic carbocycles. The third-order valence-electron chi connectivity index (χ3n) is 4.62. The van der Waals surface area contributed by atoms with Crippen LogP contribution in [0.15, 0.2) is 50.0 Å². The van der Waals surface area contributed by atoms with Crippen molar-refractivity contribution in [2.24, 2.45) is 0 Å². The lowest BCUT2D eigenvalue weighted by molar-refractivity contribution is 0.152. The minimum Gasteiger partial charge on any atom is -0.468 e. The zero-order chi connectivity index (χ0) is 17.8. The quantitative estimate of drug-likeness (QED) is 0.716. The van der Waals surface area contributed by atoms with Gasteiger partial charge >= 0.3 is 0 Å². The molecule has 1 aliphatic heterocycles. The Morgan fingerprint density at radius 3 is 2.65 bits per heavy atom. The summed E-state index contributed by atoms with van der Waals surface area (Å²) in [6.07, 6.45) is 6.87. The molecule has 7 nitrogen and oxygen atoms in total. The number of furan rings is 2. The summed E-state index contributed by atoms with van der Waals surface area (Å²) >= 11 is 0. The van der Waals surface area contributed by atoms with Crippen molar-refractivity contribution in [2.75, 3.05) is 25.0 Å². The van der Waals surface area contributed by atoms with E-state index in [-0.39, 0.29) is 11.7 Å². The molecule has 0 spiro atoms. The Morgan fingerprint density at radius 1 is 1.15 bits per heavy atom. The third kappa shape index (κ3) is 3.37. The molecular formula is C19H20N4O3. The molecule has 4 heterocycles. The lowest BCUT2D eigenvalue weighted by Gasteiger charge is -2.33. The summed E-state index contributed by atoms with van der Waals surface area (Å²) in [7, 11) is 0. The van der Waals surface area contributed by atoms with Gasteiger partial charge in [-0.15, -0.1) is 0 Å². The van der Waals surface area contributed by atoms with Crippen LogP contribution in [-0.4, -0.2) is 29.5 Å². The third-order valence-corrected chi connectivity index (χ3v) is 4.62. The number of piperidine rings is 1. The first-order chi connectivity index (χ1) is 12.8. The number of anilines is 1. The second kappa shape index (κ2) is 7.50. The normalized spacial score (nSPS) is 16.3. The van der Waals surface area contributed by atoms with Gasteiger partial charge in [-0.2, -0.15) is 10.2 Å². The van der Waals surface area contributed by atoms with Crippen molar-refractivity contribution in [3.8, 4) is 17.7 Å². The van der Waals surface area contributed by atoms with Crippen LogP contribution in [0.25, 0.3) is 11.7 Å². The maximum atomic E-state index is 9.36. The SMILES string of the molecule is N#Cc1nc(-c2ccco2)oc1NC[C@@H](c1ccco1)N1CCCCC1. The number of nitrogens with zero attached hydrogens (tertiary/aromatic N) is 3. The second-order valence-electron chi connectivity index (χ2n) is 6.29. The first kappa shape index (κ1) is 16.5. The van der Waals surface area contributed by atoms with Crippen LogP contribution in [-0.2, 0) is 0 Å². The average Bonchev–Trinajstić information content (AvgIpc) is 3.44. The van der Waals surface area contributed by atoms with Crippen molar-refractivity contribution < 1.29 is 13.3 Å². The average molecular weight is 352 g/mol. The molecule has 1 N–H and O–H groups in total. The van der Waals surface area contributed by atoms with Gasteiger partial charge in [0.15, 0.2) is 5.76 Å². The van der Waals surface area contributed by atoms with Crippen LogP contribution in [0.5, 0.6) is 0 Å². The lowest BCUT2D eigenvalue weighted by Crippen LogP contribution is -2.37. The topological polar surface area (TPSA) is 91.4 Å². The molecule has 26 heavy (non-hydrogen) atoms. The molecule has 0 bridgehead atoms. The largest absolute Gasteiger partial charge is 0.468 e. The highest BCUT2D eigenvalue weighted by atomic mass is 16.4. The van der Waals surface area contributed by atoms with Crippen LogP contribution in [0, 0.1) is 11.3 Å². The minimum absolute atomic E-state index is 0.0778. The van der Waals surface area contributed by atoms with E-state index in [0.717, 1.165) is 18.8 Å². The molecular weight excluding hydrogens is 332 g/mol. The summed E-state index contributed by atoms with van der Waals surface area (Å²) in [6.45, 7) is 2.63. The van der Waals surface area contributed by atoms with Crippen molar-refractivity contribution in [1.29, 1.82) is 5.26 Å². The standard InChI is InChI=1S/C19H20N4O3/c20-12-14-18(26-19(22-14)17-7-5-11-25-17)21-13-15(16-6-4-10-24-16)23-8-2-1-3-9-23/h4-7,10-11,15,21H,1-3,8-9,13H2/t15-/m0/s1. The van der Waals surface area contributed by atoms with Gasteiger partial charge in [0.2, 0.25) is 11.6 Å². The molecule has 134 valence electrons. The van der Waals surface area contributed by atoms with E-state index in [2.05, 4.69) is 21.3 Å². The summed E-state index contributed by atoms with van der Waals surface area (Å²) in [5.74, 6) is 2.05. The van der Waals surface area contributed by atoms with Gasteiger partial charge in [-0.1, -0.05) is 6.42 Å². The molecule has 0 amide bonds. The van der Waals surface area contributed by atoms with Gasteiger partial charge in [0.1, 0.15) is 11.8 Å². The van der Waals surface area contributed by atoms with Crippen LogP contribution in [0.2, 0.25) is 0 Å². The van der Waals surface area contributed by atoms with Crippen LogP contribution in [0.3, 0.4) is 0 Å². The predicted octanol–water partition coefficient (Wildman–Crippen LogP) is 4.04. The number of nitrogens with one attached hydrogen (secondary N) is 1. The molecule has 3 aromatic rings. The molecule has 1 fully saturated rings. The Morgan fingerprint density at radius 2 is 1.96 bits per heavy atom. The van der Waals surface area contributed by atoms with E-state index in [1.54, 1.807) is 24.7 Å². The van der Waals surface area contributed by atoms with Crippen molar-refractivity contribution in [3.63, 3.8) is 0 Å². The highest BCUT2D eigenvalue weighted by Gasteiger charge is 2.25. The fourth-order valence-electron chi connectivity index (χ4n) is 3.33. The molecule has 1 atom stereocenters. The molecule has 0 saturated carbocycles. The Hall–Kier alpha value is -2.98. The van der Waals surface area contributed by atoms with E-state index < -0.39 is 0 Å². The molecule has 3 aromatic heterocycles. The van der Waals surface area contributed by atoms with Gasteiger partial charge in [0, 0.05) is 6.54 Å². The number of aromatic nitrogens is 1. The van der Waals surface area contributed by atoms with Crippen molar-refractivity contribution in [3.05, 3.63) is 48.2 Å². The van der Waals surface area contributed by atoms with E-state index in [4.69, 9.17) is 13.3 Å². The van der Waals surface area contributed by atoms with Crippen molar-refractivity contribution >= 4 is 5.88 Å². The fourth-order valence-corrected chi connectivity index (χ4v) is 3.33. The summed E-state index contributed by atoms with van der Waals surface area (Å²) in [6, 6.07) is 9.53. The van der Waals surface area contributed by atoms with E-state index in [0.29, 0.717) is 24.1 Å². The predicted molar refractivity (Wildman–Crippen MR) is 94.3 cm³/mol. The van der Waals surface area contributed by atoms with E-state index in [1.807, 2.05) is 12.1 Å². The first-order valence-electron chi connectivity index (χ1n) is 8.81. The van der Waals surface area contributed by atoms with E-state index >= 15 is 0 Å². The monoisotopic (exact) mass is 352 g/mol. The molecule has 4 rings (SSSR count). The highest BCUT2D eigenvalue weighted by molar-refractivity contribution is 5.54. The zero-order valence-electron chi connectivity index (χ0n) is 14.4. The number of oxazole rings is 1. The Balaban J connectivity index is 1.53. The van der Waals surface area contributed by atoms with Gasteiger partial charge < -0.3 is 18.6 Å². The molecule has 0 aliphatic carbocycles. The number of likely N-dealkylation sites (tertiary alicyclic amines) is 1. The molecule has 0 radical (unpaired) electrons. The van der Waals surface area contributed by atoms with Gasteiger partial charge in [0.25, 0.3) is 5.89 Å². The lowest BCUT2D eigenvalue weighted by atomic mass is 10.1. The highest BCUT2D eigenvalue weighted by Crippen LogP contribution is 2.29. The van der Waals surface area contributed by atoms with Crippen LogP contribution in [0.1, 0.15) is 36.8 Å². The van der Waals surface area contributed by atoms with Gasteiger partial charge in [-0.3, -0.25) is 4.90 Å². The van der Waals surface area contributed by atoms with Gasteiger partial charge in [0.05, 0.1) is 18.6 Å². The number of hydrogen-bond donors (Lipinski definition) is 1. The van der Waals surface area contributed by atoms with Gasteiger partial charge in [-0.05, 0) is 50.2 Å². The minimum atomic E-state index is 0.0778. The van der Waals surface area contributed by atoms with Crippen LogP contribution in [0.4, 0.5) is 5.88 Å². The fraction of sp³-hybridized carbons (Fsp3) is 0.368. The van der Waals surface area contributed by atoms with E-state index in [1.165, 1.54) is 19.3 Å². The molecule has 1 aliphatic rings.